The Hall–Kier alpha value is -2.75. The summed E-state index contributed by atoms with van der Waals surface area (Å²) in [6.07, 6.45) is 1.83. The largest absolute Gasteiger partial charge is 0.488 e. The lowest BCUT2D eigenvalue weighted by atomic mass is 10.1. The number of carbonyl (C=O) groups excluding carboxylic acids is 1. The zero-order chi connectivity index (χ0) is 14.7. The molecule has 1 heterocycles. The highest BCUT2D eigenvalue weighted by atomic mass is 16.5. The van der Waals surface area contributed by atoms with Crippen molar-refractivity contribution in [1.29, 1.82) is 0 Å². The Morgan fingerprint density at radius 1 is 1.14 bits per heavy atom. The van der Waals surface area contributed by atoms with Gasteiger partial charge in [-0.3, -0.25) is 0 Å². The van der Waals surface area contributed by atoms with Crippen LogP contribution in [0.3, 0.4) is 0 Å². The number of H-pyrrole nitrogens is 1. The number of ether oxygens (including phenoxy) is 2. The monoisotopic (exact) mass is 281 g/mol. The zero-order valence-electron chi connectivity index (χ0n) is 11.6. The van der Waals surface area contributed by atoms with Gasteiger partial charge in [0.2, 0.25) is 0 Å². The molecule has 0 fully saturated rings. The summed E-state index contributed by atoms with van der Waals surface area (Å²) in [4.78, 5) is 15.0. The average molecular weight is 281 g/mol. The molecule has 0 spiro atoms. The van der Waals surface area contributed by atoms with E-state index in [9.17, 15) is 4.79 Å². The molecule has 0 atom stereocenters. The smallest absolute Gasteiger partial charge is 0.341 e. The van der Waals surface area contributed by atoms with Crippen molar-refractivity contribution in [3.05, 3.63) is 65.9 Å². The molecule has 0 aliphatic rings. The number of methoxy groups -OCH3 is 1. The summed E-state index contributed by atoms with van der Waals surface area (Å²) >= 11 is 0. The normalized spacial score (nSPS) is 10.5. The molecule has 2 aromatic carbocycles. The second kappa shape index (κ2) is 5.71. The van der Waals surface area contributed by atoms with Gasteiger partial charge < -0.3 is 14.5 Å². The highest BCUT2D eigenvalue weighted by Gasteiger charge is 2.15. The van der Waals surface area contributed by atoms with Gasteiger partial charge in [-0.2, -0.15) is 0 Å². The van der Waals surface area contributed by atoms with Gasteiger partial charge in [0.05, 0.1) is 7.11 Å². The van der Waals surface area contributed by atoms with Crippen molar-refractivity contribution in [3.8, 4) is 5.75 Å². The summed E-state index contributed by atoms with van der Waals surface area (Å²) < 4.78 is 10.6. The Balaban J connectivity index is 1.93. The molecular formula is C17H15NO3. The fourth-order valence-electron chi connectivity index (χ4n) is 2.20. The average Bonchev–Trinajstić information content (AvgIpc) is 2.99. The highest BCUT2D eigenvalue weighted by molar-refractivity contribution is 5.97. The lowest BCUT2D eigenvalue weighted by Gasteiger charge is -2.11. The molecule has 0 bridgehead atoms. The molecule has 1 N–H and O–H groups in total. The Kier molecular flexibility index (Phi) is 3.60. The lowest BCUT2D eigenvalue weighted by Crippen LogP contribution is -2.06. The van der Waals surface area contributed by atoms with Gasteiger partial charge in [-0.15, -0.1) is 0 Å². The molecule has 0 saturated carbocycles. The maximum atomic E-state index is 11.9. The van der Waals surface area contributed by atoms with Crippen LogP contribution in [0.25, 0.3) is 10.9 Å². The fourth-order valence-corrected chi connectivity index (χ4v) is 2.20. The van der Waals surface area contributed by atoms with Gasteiger partial charge in [-0.25, -0.2) is 4.79 Å². The van der Waals surface area contributed by atoms with Crippen molar-refractivity contribution in [2.45, 2.75) is 6.61 Å². The van der Waals surface area contributed by atoms with Crippen LogP contribution in [0.1, 0.15) is 15.9 Å². The van der Waals surface area contributed by atoms with Gasteiger partial charge in [0.25, 0.3) is 0 Å². The third kappa shape index (κ3) is 2.74. The van der Waals surface area contributed by atoms with Gasteiger partial charge in [-0.1, -0.05) is 30.3 Å². The predicted octanol–water partition coefficient (Wildman–Crippen LogP) is 3.53. The maximum Gasteiger partial charge on any atom is 0.341 e. The molecule has 0 aliphatic carbocycles. The molecule has 0 saturated heterocycles. The number of rotatable bonds is 4. The van der Waals surface area contributed by atoms with Crippen LogP contribution in [0.15, 0.2) is 54.7 Å². The quantitative estimate of drug-likeness (QED) is 0.744. The number of hydrogen-bond acceptors (Lipinski definition) is 3. The first-order valence-electron chi connectivity index (χ1n) is 6.64. The molecule has 106 valence electrons. The Morgan fingerprint density at radius 3 is 2.71 bits per heavy atom. The number of carbonyl (C=O) groups is 1. The van der Waals surface area contributed by atoms with Gasteiger partial charge >= 0.3 is 5.97 Å². The number of fused-ring (bicyclic) bond motifs is 1. The minimum Gasteiger partial charge on any atom is -0.488 e. The standard InChI is InChI=1S/C17H15NO3/c1-20-17(19)14-9-13-7-8-18-15(13)10-16(14)21-11-12-5-3-2-4-6-12/h2-10,18H,11H2,1H3. The highest BCUT2D eigenvalue weighted by Crippen LogP contribution is 2.27. The molecule has 4 heteroatoms. The van der Waals surface area contributed by atoms with Crippen LogP contribution in [0.4, 0.5) is 0 Å². The van der Waals surface area contributed by atoms with Crippen molar-refractivity contribution >= 4 is 16.9 Å². The summed E-state index contributed by atoms with van der Waals surface area (Å²) in [6, 6.07) is 15.3. The summed E-state index contributed by atoms with van der Waals surface area (Å²) in [6.45, 7) is 0.400. The van der Waals surface area contributed by atoms with Gasteiger partial charge in [0, 0.05) is 23.2 Å². The third-order valence-corrected chi connectivity index (χ3v) is 3.30. The van der Waals surface area contributed by atoms with Crippen LogP contribution in [-0.4, -0.2) is 18.1 Å². The predicted molar refractivity (Wildman–Crippen MR) is 80.4 cm³/mol. The first kappa shape index (κ1) is 13.2. The van der Waals surface area contributed by atoms with E-state index >= 15 is 0 Å². The second-order valence-corrected chi connectivity index (χ2v) is 4.68. The number of aromatic amines is 1. The van der Waals surface area contributed by atoms with E-state index in [-0.39, 0.29) is 0 Å². The first-order valence-corrected chi connectivity index (χ1v) is 6.64. The van der Waals surface area contributed by atoms with E-state index in [0.29, 0.717) is 17.9 Å². The van der Waals surface area contributed by atoms with Crippen molar-refractivity contribution < 1.29 is 14.3 Å². The van der Waals surface area contributed by atoms with E-state index in [1.54, 1.807) is 6.07 Å². The molecule has 0 amide bonds. The maximum absolute atomic E-state index is 11.9. The van der Waals surface area contributed by atoms with Crippen molar-refractivity contribution in [1.82, 2.24) is 4.98 Å². The summed E-state index contributed by atoms with van der Waals surface area (Å²) in [5.41, 5.74) is 2.39. The third-order valence-electron chi connectivity index (χ3n) is 3.30. The van der Waals surface area contributed by atoms with Crippen molar-refractivity contribution in [3.63, 3.8) is 0 Å². The van der Waals surface area contributed by atoms with E-state index in [1.165, 1.54) is 7.11 Å². The van der Waals surface area contributed by atoms with Crippen LogP contribution >= 0.6 is 0 Å². The topological polar surface area (TPSA) is 51.3 Å². The number of benzene rings is 2. The van der Waals surface area contributed by atoms with Crippen molar-refractivity contribution in [2.75, 3.05) is 7.11 Å². The van der Waals surface area contributed by atoms with E-state index < -0.39 is 5.97 Å². The summed E-state index contributed by atoms with van der Waals surface area (Å²) in [5.74, 6) is 0.113. The van der Waals surface area contributed by atoms with Crippen LogP contribution in [0.5, 0.6) is 5.75 Å². The van der Waals surface area contributed by atoms with Gasteiger partial charge in [0.15, 0.2) is 0 Å². The molecule has 0 aliphatic heterocycles. The molecule has 3 rings (SSSR count). The second-order valence-electron chi connectivity index (χ2n) is 4.68. The Morgan fingerprint density at radius 2 is 1.95 bits per heavy atom. The zero-order valence-corrected chi connectivity index (χ0v) is 11.6. The molecule has 0 radical (unpaired) electrons. The van der Waals surface area contributed by atoms with E-state index in [0.717, 1.165) is 16.5 Å². The fraction of sp³-hybridized carbons (Fsp3) is 0.118. The SMILES string of the molecule is COC(=O)c1cc2cc[nH]c2cc1OCc1ccccc1. The molecule has 21 heavy (non-hydrogen) atoms. The Bertz CT molecular complexity index is 762. The van der Waals surface area contributed by atoms with Crippen LogP contribution in [0.2, 0.25) is 0 Å². The molecule has 4 nitrogen and oxygen atoms in total. The summed E-state index contributed by atoms with van der Waals surface area (Å²) in [5, 5.41) is 0.947. The van der Waals surface area contributed by atoms with Gasteiger partial charge in [0.1, 0.15) is 17.9 Å². The van der Waals surface area contributed by atoms with Crippen LogP contribution in [0, 0.1) is 0 Å². The number of nitrogens with one attached hydrogen (secondary N) is 1. The summed E-state index contributed by atoms with van der Waals surface area (Å²) in [7, 11) is 1.37. The van der Waals surface area contributed by atoms with Crippen LogP contribution < -0.4 is 4.74 Å². The Labute approximate surface area is 122 Å². The minimum absolute atomic E-state index is 0.400. The molecule has 0 unspecified atom stereocenters. The van der Waals surface area contributed by atoms with Crippen LogP contribution in [-0.2, 0) is 11.3 Å². The number of aromatic nitrogens is 1. The van der Waals surface area contributed by atoms with E-state index in [1.807, 2.05) is 48.7 Å². The van der Waals surface area contributed by atoms with E-state index in [2.05, 4.69) is 4.98 Å². The molecule has 3 aromatic rings. The minimum atomic E-state index is -0.402. The first-order chi connectivity index (χ1) is 10.3. The van der Waals surface area contributed by atoms with E-state index in [4.69, 9.17) is 9.47 Å². The lowest BCUT2D eigenvalue weighted by molar-refractivity contribution is 0.0596. The van der Waals surface area contributed by atoms with Crippen molar-refractivity contribution in [2.24, 2.45) is 0 Å². The van der Waals surface area contributed by atoms with Gasteiger partial charge in [-0.05, 0) is 17.7 Å². The number of hydrogen-bond donors (Lipinski definition) is 1. The molecular weight excluding hydrogens is 266 g/mol. The molecule has 1 aromatic heterocycles. The number of esters is 1.